The zero-order valence-corrected chi connectivity index (χ0v) is 15.8. The van der Waals surface area contributed by atoms with Gasteiger partial charge in [-0.05, 0) is 35.4 Å². The van der Waals surface area contributed by atoms with Gasteiger partial charge in [-0.3, -0.25) is 9.59 Å². The second-order valence-corrected chi connectivity index (χ2v) is 6.26. The summed E-state index contributed by atoms with van der Waals surface area (Å²) in [4.78, 5) is 34.7. The zero-order chi connectivity index (χ0) is 19.1. The number of hydrogen-bond acceptors (Lipinski definition) is 4. The molecule has 0 bridgehead atoms. The lowest BCUT2D eigenvalue weighted by atomic mass is 10.2. The summed E-state index contributed by atoms with van der Waals surface area (Å²) >= 11 is 11.7. The lowest BCUT2D eigenvalue weighted by Crippen LogP contribution is -2.47. The number of hydrogen-bond donors (Lipinski definition) is 0. The molecule has 2 aromatic carbocycles. The van der Waals surface area contributed by atoms with Crippen molar-refractivity contribution in [2.24, 2.45) is 0 Å². The van der Waals surface area contributed by atoms with E-state index in [2.05, 4.69) is 0 Å². The van der Waals surface area contributed by atoms with Gasteiger partial charge in [-0.15, -0.1) is 0 Å². The molecule has 0 spiro atoms. The van der Waals surface area contributed by atoms with E-state index in [1.54, 1.807) is 48.5 Å². The van der Waals surface area contributed by atoms with Crippen LogP contribution >= 0.6 is 23.2 Å². The Morgan fingerprint density at radius 3 is 1.31 bits per heavy atom. The minimum absolute atomic E-state index is 0.0604. The van der Waals surface area contributed by atoms with Crippen LogP contribution in [0.25, 0.3) is 0 Å². The Morgan fingerprint density at radius 1 is 0.731 bits per heavy atom. The number of carbonyl (C=O) groups excluding carboxylic acids is 2. The fourth-order valence-electron chi connectivity index (χ4n) is 1.98. The molecular weight excluding hydrogens is 379 g/mol. The number of hydrazine groups is 1. The maximum atomic E-state index is 11.9. The van der Waals surface area contributed by atoms with Gasteiger partial charge in [0.25, 0.3) is 11.8 Å². The number of benzene rings is 2. The average molecular weight is 397 g/mol. The summed E-state index contributed by atoms with van der Waals surface area (Å²) in [6, 6.07) is 13.9. The first-order valence-corrected chi connectivity index (χ1v) is 8.48. The number of amides is 2. The Balaban J connectivity index is 2.04. The van der Waals surface area contributed by atoms with Crippen molar-refractivity contribution < 1.29 is 19.3 Å². The summed E-state index contributed by atoms with van der Waals surface area (Å²) in [5.41, 5.74) is 1.56. The van der Waals surface area contributed by atoms with Gasteiger partial charge < -0.3 is 0 Å². The van der Waals surface area contributed by atoms with Gasteiger partial charge in [-0.25, -0.2) is 9.68 Å². The van der Waals surface area contributed by atoms with Gasteiger partial charge in [0.2, 0.25) is 0 Å². The van der Waals surface area contributed by atoms with E-state index < -0.39 is 11.8 Å². The molecule has 0 saturated carbocycles. The number of carbonyl (C=O) groups is 2. The minimum atomic E-state index is -0.509. The largest absolute Gasteiger partial charge is 0.271 e. The number of hydroxylamine groups is 2. The predicted molar refractivity (Wildman–Crippen MR) is 97.5 cm³/mol. The summed E-state index contributed by atoms with van der Waals surface area (Å²) < 4.78 is 0. The van der Waals surface area contributed by atoms with E-state index in [1.165, 1.54) is 13.8 Å². The van der Waals surface area contributed by atoms with Crippen LogP contribution in [0.15, 0.2) is 48.5 Å². The molecule has 26 heavy (non-hydrogen) atoms. The molecular formula is C18H18Cl2N2O4. The van der Waals surface area contributed by atoms with Crippen molar-refractivity contribution in [1.82, 2.24) is 10.3 Å². The molecule has 138 valence electrons. The molecule has 2 rings (SSSR count). The van der Waals surface area contributed by atoms with Gasteiger partial charge in [0.1, 0.15) is 13.2 Å². The number of nitrogens with zero attached hydrogens (tertiary/aromatic N) is 2. The van der Waals surface area contributed by atoms with E-state index >= 15 is 0 Å². The average Bonchev–Trinajstić information content (AvgIpc) is 2.60. The van der Waals surface area contributed by atoms with Gasteiger partial charge in [0, 0.05) is 23.9 Å². The smallest absolute Gasteiger partial charge is 0.266 e. The Kier molecular flexibility index (Phi) is 7.41. The molecule has 0 heterocycles. The quantitative estimate of drug-likeness (QED) is 0.687. The first kappa shape index (κ1) is 20.2. The van der Waals surface area contributed by atoms with E-state index in [0.29, 0.717) is 10.0 Å². The molecule has 0 N–H and O–H groups in total. The third-order valence-electron chi connectivity index (χ3n) is 3.24. The molecule has 2 aromatic rings. The highest BCUT2D eigenvalue weighted by Gasteiger charge is 2.24. The van der Waals surface area contributed by atoms with E-state index in [4.69, 9.17) is 32.9 Å². The first-order chi connectivity index (χ1) is 12.4. The van der Waals surface area contributed by atoms with Crippen molar-refractivity contribution in [2.45, 2.75) is 27.1 Å². The second-order valence-electron chi connectivity index (χ2n) is 5.38. The molecule has 6 nitrogen and oxygen atoms in total. The number of halogens is 2. The van der Waals surface area contributed by atoms with Gasteiger partial charge in [0.15, 0.2) is 0 Å². The van der Waals surface area contributed by atoms with Gasteiger partial charge in [0.05, 0.1) is 0 Å². The molecule has 0 aliphatic carbocycles. The summed E-state index contributed by atoms with van der Waals surface area (Å²) in [5, 5.41) is 2.75. The van der Waals surface area contributed by atoms with Crippen molar-refractivity contribution >= 4 is 35.0 Å². The standard InChI is InChI=1S/C18H18Cl2N2O4/c1-13(23)21(25-11-15-3-7-17(19)8-4-15)22(14(2)24)26-12-16-5-9-18(20)10-6-16/h3-10H,11-12H2,1-2H3. The van der Waals surface area contributed by atoms with Crippen LogP contribution in [0, 0.1) is 0 Å². The van der Waals surface area contributed by atoms with Crippen molar-refractivity contribution in [2.75, 3.05) is 0 Å². The lowest BCUT2D eigenvalue weighted by molar-refractivity contribution is -0.369. The fourth-order valence-corrected chi connectivity index (χ4v) is 2.23. The monoisotopic (exact) mass is 396 g/mol. The Morgan fingerprint density at radius 2 is 1.04 bits per heavy atom. The van der Waals surface area contributed by atoms with E-state index in [-0.39, 0.29) is 13.2 Å². The molecule has 0 fully saturated rings. The number of rotatable bonds is 6. The maximum absolute atomic E-state index is 11.9. The van der Waals surface area contributed by atoms with E-state index in [1.807, 2.05) is 0 Å². The van der Waals surface area contributed by atoms with Crippen LogP contribution in [0.4, 0.5) is 0 Å². The van der Waals surface area contributed by atoms with Gasteiger partial charge in [-0.2, -0.15) is 0 Å². The van der Waals surface area contributed by atoms with Crippen LogP contribution in [0.5, 0.6) is 0 Å². The highest BCUT2D eigenvalue weighted by molar-refractivity contribution is 6.30. The molecule has 0 aromatic heterocycles. The van der Waals surface area contributed by atoms with Crippen LogP contribution in [0.2, 0.25) is 10.0 Å². The van der Waals surface area contributed by atoms with E-state index in [9.17, 15) is 9.59 Å². The Hall–Kier alpha value is -2.12. The van der Waals surface area contributed by atoms with Crippen molar-refractivity contribution in [1.29, 1.82) is 0 Å². The highest BCUT2D eigenvalue weighted by Crippen LogP contribution is 2.14. The summed E-state index contributed by atoms with van der Waals surface area (Å²) in [7, 11) is 0. The predicted octanol–water partition coefficient (Wildman–Crippen LogP) is 4.17. The summed E-state index contributed by atoms with van der Waals surface area (Å²) in [6.45, 7) is 2.66. The second kappa shape index (κ2) is 9.54. The summed E-state index contributed by atoms with van der Waals surface area (Å²) in [6.07, 6.45) is 0. The highest BCUT2D eigenvalue weighted by atomic mass is 35.5. The van der Waals surface area contributed by atoms with Gasteiger partial charge >= 0.3 is 0 Å². The van der Waals surface area contributed by atoms with Crippen LogP contribution in [0.3, 0.4) is 0 Å². The van der Waals surface area contributed by atoms with Crippen LogP contribution in [-0.4, -0.2) is 22.2 Å². The molecule has 0 saturated heterocycles. The van der Waals surface area contributed by atoms with Crippen molar-refractivity contribution in [3.63, 3.8) is 0 Å². The van der Waals surface area contributed by atoms with Crippen LogP contribution < -0.4 is 0 Å². The summed E-state index contributed by atoms with van der Waals surface area (Å²) in [5.74, 6) is -1.02. The zero-order valence-electron chi connectivity index (χ0n) is 14.3. The minimum Gasteiger partial charge on any atom is -0.271 e. The normalized spacial score (nSPS) is 10.5. The topological polar surface area (TPSA) is 59.1 Å². The molecule has 0 aliphatic rings. The van der Waals surface area contributed by atoms with E-state index in [0.717, 1.165) is 21.5 Å². The molecule has 0 aliphatic heterocycles. The molecule has 2 amide bonds. The van der Waals surface area contributed by atoms with Crippen molar-refractivity contribution in [3.8, 4) is 0 Å². The lowest BCUT2D eigenvalue weighted by Gasteiger charge is -2.30. The Labute approximate surface area is 161 Å². The SMILES string of the molecule is CC(=O)N(OCc1ccc(Cl)cc1)N(OCc1ccc(Cl)cc1)C(C)=O. The fraction of sp³-hybridized carbons (Fsp3) is 0.222. The molecule has 0 atom stereocenters. The maximum Gasteiger partial charge on any atom is 0.266 e. The third-order valence-corrected chi connectivity index (χ3v) is 3.74. The molecule has 0 unspecified atom stereocenters. The van der Waals surface area contributed by atoms with Crippen LogP contribution in [-0.2, 0) is 32.5 Å². The Bertz CT molecular complexity index is 685. The van der Waals surface area contributed by atoms with Crippen molar-refractivity contribution in [3.05, 3.63) is 69.7 Å². The molecule has 8 heteroatoms. The van der Waals surface area contributed by atoms with Gasteiger partial charge in [-0.1, -0.05) is 57.8 Å². The first-order valence-electron chi connectivity index (χ1n) is 7.73. The third kappa shape index (κ3) is 6.00. The molecule has 0 radical (unpaired) electrons. The van der Waals surface area contributed by atoms with Crippen LogP contribution in [0.1, 0.15) is 25.0 Å².